The molecule has 2 rings (SSSR count). The van der Waals surface area contributed by atoms with E-state index in [-0.39, 0.29) is 36.3 Å². The molecule has 2 saturated heterocycles. The molecular weight excluding hydrogens is 338 g/mol. The summed E-state index contributed by atoms with van der Waals surface area (Å²) in [5.41, 5.74) is 5.64. The van der Waals surface area contributed by atoms with Crippen LogP contribution < -0.4 is 11.1 Å². The van der Waals surface area contributed by atoms with Crippen molar-refractivity contribution in [1.82, 2.24) is 10.2 Å². The fraction of sp³-hybridized carbons (Fsp3) is 0.786. The summed E-state index contributed by atoms with van der Waals surface area (Å²) in [5, 5.41) is 19.9. The molecule has 2 heterocycles. The topological polar surface area (TPSA) is 142 Å². The van der Waals surface area contributed by atoms with Gasteiger partial charge in [0.15, 0.2) is 0 Å². The summed E-state index contributed by atoms with van der Waals surface area (Å²) in [6.07, 6.45) is 1.21. The maximum Gasteiger partial charge on any atom is 0.327 e. The number of nitrogens with one attached hydrogen (secondary N) is 1. The minimum absolute atomic E-state index is 0.00205. The maximum atomic E-state index is 12.2. The van der Waals surface area contributed by atoms with Gasteiger partial charge in [0.25, 0.3) is 0 Å². The van der Waals surface area contributed by atoms with Crippen LogP contribution >= 0.6 is 11.8 Å². The van der Waals surface area contributed by atoms with Crippen LogP contribution in [0.15, 0.2) is 0 Å². The van der Waals surface area contributed by atoms with Crippen molar-refractivity contribution < 1.29 is 29.6 Å². The van der Waals surface area contributed by atoms with E-state index in [1.54, 1.807) is 13.8 Å². The number of nitrogens with two attached hydrogens (primary N) is 1. The lowest BCUT2D eigenvalue weighted by Gasteiger charge is -2.43. The summed E-state index contributed by atoms with van der Waals surface area (Å²) < 4.78 is -0.608. The van der Waals surface area contributed by atoms with Crippen molar-refractivity contribution in [1.29, 1.82) is 0 Å². The molecule has 0 saturated carbocycles. The van der Waals surface area contributed by atoms with Gasteiger partial charge >= 0.3 is 5.97 Å². The van der Waals surface area contributed by atoms with Crippen molar-refractivity contribution in [3.05, 3.63) is 0 Å². The molecule has 9 nitrogen and oxygen atoms in total. The molecule has 0 aromatic carbocycles. The first-order valence-electron chi connectivity index (χ1n) is 7.73. The number of hydrogen-bond acceptors (Lipinski definition) is 7. The van der Waals surface area contributed by atoms with E-state index in [2.05, 4.69) is 10.2 Å². The molecule has 4 unspecified atom stereocenters. The van der Waals surface area contributed by atoms with Gasteiger partial charge in [-0.05, 0) is 26.7 Å². The molecule has 5 N–H and O–H groups in total. The van der Waals surface area contributed by atoms with E-state index >= 15 is 0 Å². The Balaban J connectivity index is 1.84. The van der Waals surface area contributed by atoms with Gasteiger partial charge in [0.2, 0.25) is 11.8 Å². The summed E-state index contributed by atoms with van der Waals surface area (Å²) in [7, 11) is 0. The average molecular weight is 361 g/mol. The van der Waals surface area contributed by atoms with Crippen LogP contribution in [0.3, 0.4) is 0 Å². The maximum absolute atomic E-state index is 12.2. The highest BCUT2D eigenvalue weighted by Gasteiger charge is 2.64. The van der Waals surface area contributed by atoms with Crippen LogP contribution in [0.5, 0.6) is 0 Å². The normalized spacial score (nSPS) is 28.9. The van der Waals surface area contributed by atoms with Gasteiger partial charge in [-0.2, -0.15) is 0 Å². The van der Waals surface area contributed by atoms with Crippen LogP contribution in [0.2, 0.25) is 0 Å². The lowest BCUT2D eigenvalue weighted by Crippen LogP contribution is -2.70. The van der Waals surface area contributed by atoms with Gasteiger partial charge in [-0.3, -0.25) is 14.8 Å². The number of nitrogens with zero attached hydrogens (tertiary/aromatic N) is 1. The fourth-order valence-electron chi connectivity index (χ4n) is 3.09. The molecule has 0 spiro atoms. The first-order chi connectivity index (χ1) is 11.2. The smallest absolute Gasteiger partial charge is 0.327 e. The molecule has 0 radical (unpaired) electrons. The second-order valence-electron chi connectivity index (χ2n) is 6.59. The van der Waals surface area contributed by atoms with Crippen molar-refractivity contribution in [2.45, 2.75) is 61.4 Å². The van der Waals surface area contributed by atoms with E-state index in [9.17, 15) is 19.5 Å². The highest BCUT2D eigenvalue weighted by Crippen LogP contribution is 2.50. The Morgan fingerprint density at radius 1 is 1.50 bits per heavy atom. The number of aliphatic carboxylic acids is 1. The predicted octanol–water partition coefficient (Wildman–Crippen LogP) is -0.395. The highest BCUT2D eigenvalue weighted by atomic mass is 32.2. The summed E-state index contributed by atoms with van der Waals surface area (Å²) >= 11 is 1.39. The van der Waals surface area contributed by atoms with Crippen molar-refractivity contribution in [3.8, 4) is 0 Å². The molecule has 4 atom stereocenters. The van der Waals surface area contributed by atoms with Gasteiger partial charge in [0.1, 0.15) is 17.5 Å². The predicted molar refractivity (Wildman–Crippen MR) is 86.1 cm³/mol. The molecule has 0 aliphatic carbocycles. The van der Waals surface area contributed by atoms with Crippen LogP contribution in [-0.2, 0) is 19.3 Å². The molecule has 136 valence electrons. The quantitative estimate of drug-likeness (QED) is 0.260. The molecule has 2 aliphatic heterocycles. The molecule has 2 fully saturated rings. The number of carboxylic acids is 1. The number of carbonyl (C=O) groups is 3. The summed E-state index contributed by atoms with van der Waals surface area (Å²) in [6.45, 7) is 3.57. The Morgan fingerprint density at radius 3 is 2.75 bits per heavy atom. The van der Waals surface area contributed by atoms with E-state index < -0.39 is 22.8 Å². The lowest BCUT2D eigenvalue weighted by atomic mass is 9.96. The molecule has 2 amide bonds. The van der Waals surface area contributed by atoms with Gasteiger partial charge < -0.3 is 21.1 Å². The van der Waals surface area contributed by atoms with E-state index in [1.165, 1.54) is 16.7 Å². The monoisotopic (exact) mass is 361 g/mol. The number of thioether (sulfide) groups is 1. The third-order valence-electron chi connectivity index (χ3n) is 4.26. The Bertz CT molecular complexity index is 529. The zero-order valence-corrected chi connectivity index (χ0v) is 14.4. The molecule has 0 aromatic heterocycles. The minimum atomic E-state index is -1.03. The summed E-state index contributed by atoms with van der Waals surface area (Å²) in [5.74, 6) is -1.67. The van der Waals surface area contributed by atoms with E-state index in [0.717, 1.165) is 0 Å². The first kappa shape index (κ1) is 19.0. The Hall–Kier alpha value is -1.36. The van der Waals surface area contributed by atoms with E-state index in [4.69, 9.17) is 11.0 Å². The molecular formula is C14H23N3O6S. The molecule has 0 bridgehead atoms. The molecule has 2 aliphatic rings. The molecule has 0 aromatic rings. The van der Waals surface area contributed by atoms with Crippen molar-refractivity contribution >= 4 is 29.5 Å². The Labute approximate surface area is 143 Å². The van der Waals surface area contributed by atoms with Gasteiger partial charge in [-0.15, -0.1) is 11.8 Å². The Morgan fingerprint density at radius 2 is 2.17 bits per heavy atom. The van der Waals surface area contributed by atoms with Crippen molar-refractivity contribution in [2.75, 3.05) is 6.61 Å². The number of rotatable bonds is 8. The second kappa shape index (κ2) is 7.26. The fourth-order valence-corrected chi connectivity index (χ4v) is 4.72. The molecule has 24 heavy (non-hydrogen) atoms. The highest BCUT2D eigenvalue weighted by molar-refractivity contribution is 8.01. The van der Waals surface area contributed by atoms with E-state index in [1.807, 2.05) is 0 Å². The zero-order chi connectivity index (χ0) is 18.1. The number of fused-ring (bicyclic) bond motifs is 1. The SMILES string of the molecule is CC1(C)SC2C(NC(=O)CCCC(N)COO)C(=O)N2C1C(=O)O. The van der Waals surface area contributed by atoms with E-state index in [0.29, 0.717) is 12.8 Å². The number of hydrogen-bond donors (Lipinski definition) is 4. The third-order valence-corrected chi connectivity index (χ3v) is 5.83. The minimum Gasteiger partial charge on any atom is -0.480 e. The van der Waals surface area contributed by atoms with Crippen molar-refractivity contribution in [3.63, 3.8) is 0 Å². The van der Waals surface area contributed by atoms with Crippen LogP contribution in [0, 0.1) is 0 Å². The Kier molecular flexibility index (Phi) is 5.74. The number of β-lactam (4-membered cyclic amide) rings is 1. The summed E-state index contributed by atoms with van der Waals surface area (Å²) in [6, 6.07) is -1.92. The molecule has 10 heteroatoms. The van der Waals surface area contributed by atoms with Crippen LogP contribution in [0.25, 0.3) is 0 Å². The van der Waals surface area contributed by atoms with Gasteiger partial charge in [0, 0.05) is 17.2 Å². The van der Waals surface area contributed by atoms with Gasteiger partial charge in [0.05, 0.1) is 6.61 Å². The van der Waals surface area contributed by atoms with Crippen LogP contribution in [0.1, 0.15) is 33.1 Å². The van der Waals surface area contributed by atoms with Crippen LogP contribution in [-0.4, -0.2) is 67.9 Å². The van der Waals surface area contributed by atoms with Gasteiger partial charge in [-0.1, -0.05) is 0 Å². The average Bonchev–Trinajstić information content (AvgIpc) is 2.73. The van der Waals surface area contributed by atoms with Crippen LogP contribution in [0.4, 0.5) is 0 Å². The number of carboxylic acid groups (broad SMARTS) is 1. The zero-order valence-electron chi connectivity index (χ0n) is 13.6. The lowest BCUT2D eigenvalue weighted by molar-refractivity contribution is -0.245. The largest absolute Gasteiger partial charge is 0.480 e. The number of amides is 2. The standard InChI is InChI=1S/C14H23N3O6S/c1-14(2)10(13(20)21)17-11(19)9(12(17)24-14)16-8(18)5-3-4-7(15)6-23-22/h7,9-10,12,22H,3-6,15H2,1-2H3,(H,16,18)(H,20,21). The summed E-state index contributed by atoms with van der Waals surface area (Å²) in [4.78, 5) is 40.9. The van der Waals surface area contributed by atoms with Gasteiger partial charge in [-0.25, -0.2) is 9.68 Å². The first-order valence-corrected chi connectivity index (χ1v) is 8.61. The number of carbonyl (C=O) groups excluding carboxylic acids is 2. The second-order valence-corrected chi connectivity index (χ2v) is 8.36. The third kappa shape index (κ3) is 3.66. The van der Waals surface area contributed by atoms with Crippen molar-refractivity contribution in [2.24, 2.45) is 5.73 Å².